The number of hydrogen-bond donors (Lipinski definition) is 2. The van der Waals surface area contributed by atoms with E-state index >= 15 is 0 Å². The summed E-state index contributed by atoms with van der Waals surface area (Å²) in [4.78, 5) is 40.1. The smallest absolute Gasteiger partial charge is 0.257 e. The van der Waals surface area contributed by atoms with Crippen molar-refractivity contribution in [2.75, 3.05) is 32.6 Å². The van der Waals surface area contributed by atoms with Crippen molar-refractivity contribution in [3.8, 4) is 11.5 Å². The lowest BCUT2D eigenvalue weighted by Crippen LogP contribution is -2.54. The van der Waals surface area contributed by atoms with Crippen LogP contribution < -0.4 is 20.1 Å². The predicted molar refractivity (Wildman–Crippen MR) is 137 cm³/mol. The number of amides is 3. The molecule has 5 rings (SSSR count). The van der Waals surface area contributed by atoms with Gasteiger partial charge in [0.05, 0.1) is 31.2 Å². The molecule has 1 saturated carbocycles. The van der Waals surface area contributed by atoms with Crippen LogP contribution in [0.5, 0.6) is 11.5 Å². The van der Waals surface area contributed by atoms with E-state index in [1.165, 1.54) is 12.8 Å². The lowest BCUT2D eigenvalue weighted by molar-refractivity contribution is -0.134. The van der Waals surface area contributed by atoms with Crippen molar-refractivity contribution in [1.29, 1.82) is 0 Å². The molecular formula is C28H33N3O6. The standard InChI is InChI=1S/C28H33N3O6/c1-31-23-11-10-21(14-26(32)29-15-17-3-4-17)37-25(23)16-36-24-12-7-19(13-22(24)28(31)34)30-27(33)18-5-8-20(35-2)9-6-18/h5-9,12-13,17,21,23,25H,3-4,10-11,14-16H2,1-2H3,(H,29,32)(H,30,33)/t21-,23+,25-/m0/s1. The van der Waals surface area contributed by atoms with Crippen molar-refractivity contribution in [1.82, 2.24) is 10.2 Å². The Morgan fingerprint density at radius 1 is 1.08 bits per heavy atom. The lowest BCUT2D eigenvalue weighted by atomic mass is 9.94. The topological polar surface area (TPSA) is 106 Å². The van der Waals surface area contributed by atoms with Crippen molar-refractivity contribution in [3.63, 3.8) is 0 Å². The molecule has 2 aromatic rings. The summed E-state index contributed by atoms with van der Waals surface area (Å²) in [5, 5.41) is 5.85. The zero-order chi connectivity index (χ0) is 25.9. The Hall–Kier alpha value is -3.59. The predicted octanol–water partition coefficient (Wildman–Crippen LogP) is 3.24. The highest BCUT2D eigenvalue weighted by molar-refractivity contribution is 6.05. The van der Waals surface area contributed by atoms with Gasteiger partial charge in [-0.05, 0) is 74.1 Å². The molecule has 1 aliphatic carbocycles. The SMILES string of the molecule is COc1ccc(C(=O)Nc2ccc3c(c2)C(=O)N(C)[C@@H]2CC[C@@H](CC(=O)NCC4CC4)O[C@H]2CO3)cc1. The van der Waals surface area contributed by atoms with Gasteiger partial charge in [0, 0.05) is 24.8 Å². The van der Waals surface area contributed by atoms with Crippen LogP contribution in [0.3, 0.4) is 0 Å². The average molecular weight is 508 g/mol. The number of hydrogen-bond acceptors (Lipinski definition) is 6. The molecule has 9 heteroatoms. The maximum atomic E-state index is 13.4. The highest BCUT2D eigenvalue weighted by atomic mass is 16.5. The fourth-order valence-electron chi connectivity index (χ4n) is 4.91. The number of likely N-dealkylation sites (N-methyl/N-ethyl adjacent to an activating group) is 1. The van der Waals surface area contributed by atoms with Gasteiger partial charge in [-0.25, -0.2) is 0 Å². The Labute approximate surface area is 216 Å². The van der Waals surface area contributed by atoms with Gasteiger partial charge in [0.1, 0.15) is 24.2 Å². The Kier molecular flexibility index (Phi) is 7.32. The highest BCUT2D eigenvalue weighted by Gasteiger charge is 2.39. The van der Waals surface area contributed by atoms with Gasteiger partial charge >= 0.3 is 0 Å². The number of carbonyl (C=O) groups excluding carboxylic acids is 3. The van der Waals surface area contributed by atoms with Gasteiger partial charge in [-0.3, -0.25) is 14.4 Å². The summed E-state index contributed by atoms with van der Waals surface area (Å²) >= 11 is 0. The van der Waals surface area contributed by atoms with Crippen LogP contribution in [0.2, 0.25) is 0 Å². The van der Waals surface area contributed by atoms with Crippen LogP contribution in [-0.4, -0.2) is 68.2 Å². The second-order valence-electron chi connectivity index (χ2n) is 10.0. The fraction of sp³-hybridized carbons (Fsp3) is 0.464. The van der Waals surface area contributed by atoms with E-state index in [1.54, 1.807) is 61.5 Å². The maximum Gasteiger partial charge on any atom is 0.257 e. The van der Waals surface area contributed by atoms with Gasteiger partial charge in [0.15, 0.2) is 0 Å². The molecule has 3 aliphatic rings. The summed E-state index contributed by atoms with van der Waals surface area (Å²) in [6.45, 7) is 1.02. The third kappa shape index (κ3) is 5.88. The molecule has 3 atom stereocenters. The van der Waals surface area contributed by atoms with E-state index in [1.807, 2.05) is 0 Å². The van der Waals surface area contributed by atoms with Gasteiger partial charge < -0.3 is 29.7 Å². The molecule has 2 fully saturated rings. The first kappa shape index (κ1) is 25.1. The fourth-order valence-corrected chi connectivity index (χ4v) is 4.91. The molecule has 0 bridgehead atoms. The van der Waals surface area contributed by atoms with Crippen LogP contribution in [0, 0.1) is 5.92 Å². The lowest BCUT2D eigenvalue weighted by Gasteiger charge is -2.42. The second-order valence-corrected chi connectivity index (χ2v) is 10.0. The molecule has 0 radical (unpaired) electrons. The number of rotatable bonds is 7. The summed E-state index contributed by atoms with van der Waals surface area (Å²) in [5.74, 6) is 1.26. The maximum absolute atomic E-state index is 13.4. The molecule has 196 valence electrons. The molecule has 1 saturated heterocycles. The van der Waals surface area contributed by atoms with E-state index < -0.39 is 0 Å². The first-order valence-corrected chi connectivity index (χ1v) is 12.8. The van der Waals surface area contributed by atoms with Gasteiger partial charge in [-0.1, -0.05) is 0 Å². The number of anilines is 1. The van der Waals surface area contributed by atoms with Crippen LogP contribution in [0.15, 0.2) is 42.5 Å². The Bertz CT molecular complexity index is 1160. The number of fused-ring (bicyclic) bond motifs is 2. The van der Waals surface area contributed by atoms with E-state index in [0.717, 1.165) is 13.0 Å². The zero-order valence-corrected chi connectivity index (χ0v) is 21.2. The minimum atomic E-state index is -0.327. The Balaban J connectivity index is 1.24. The van der Waals surface area contributed by atoms with Gasteiger partial charge in [0.25, 0.3) is 11.8 Å². The summed E-state index contributed by atoms with van der Waals surface area (Å²) in [7, 11) is 3.34. The van der Waals surface area contributed by atoms with Crippen molar-refractivity contribution in [2.24, 2.45) is 5.92 Å². The normalized spacial score (nSPS) is 23.0. The minimum Gasteiger partial charge on any atom is -0.497 e. The molecule has 2 heterocycles. The van der Waals surface area contributed by atoms with Crippen molar-refractivity contribution in [3.05, 3.63) is 53.6 Å². The summed E-state index contributed by atoms with van der Waals surface area (Å²) < 4.78 is 17.4. The van der Waals surface area contributed by atoms with Crippen LogP contribution in [-0.2, 0) is 9.53 Å². The number of nitrogens with one attached hydrogen (secondary N) is 2. The van der Waals surface area contributed by atoms with Gasteiger partial charge in [0.2, 0.25) is 5.91 Å². The highest BCUT2D eigenvalue weighted by Crippen LogP contribution is 2.33. The largest absolute Gasteiger partial charge is 0.497 e. The quantitative estimate of drug-likeness (QED) is 0.596. The number of carbonyl (C=O) groups is 3. The second kappa shape index (κ2) is 10.8. The Morgan fingerprint density at radius 3 is 2.59 bits per heavy atom. The summed E-state index contributed by atoms with van der Waals surface area (Å²) in [5.41, 5.74) is 1.36. The molecule has 37 heavy (non-hydrogen) atoms. The van der Waals surface area contributed by atoms with Crippen LogP contribution in [0.4, 0.5) is 5.69 Å². The summed E-state index contributed by atoms with van der Waals surface area (Å²) in [6.07, 6.45) is 3.61. The van der Waals surface area contributed by atoms with Crippen molar-refractivity contribution < 1.29 is 28.6 Å². The first-order chi connectivity index (χ1) is 17.9. The van der Waals surface area contributed by atoms with Crippen molar-refractivity contribution >= 4 is 23.4 Å². The molecular weight excluding hydrogens is 474 g/mol. The number of benzene rings is 2. The van der Waals surface area contributed by atoms with Crippen LogP contribution in [0.25, 0.3) is 0 Å². The molecule has 3 amide bonds. The summed E-state index contributed by atoms with van der Waals surface area (Å²) in [6, 6.07) is 11.7. The van der Waals surface area contributed by atoms with E-state index in [4.69, 9.17) is 14.2 Å². The monoisotopic (exact) mass is 507 g/mol. The minimum absolute atomic E-state index is 0.0149. The number of ether oxygens (including phenoxy) is 3. The van der Waals surface area contributed by atoms with Gasteiger partial charge in [-0.2, -0.15) is 0 Å². The Morgan fingerprint density at radius 2 is 1.86 bits per heavy atom. The van der Waals surface area contributed by atoms with Crippen LogP contribution >= 0.6 is 0 Å². The van der Waals surface area contributed by atoms with E-state index in [9.17, 15) is 14.4 Å². The first-order valence-electron chi connectivity index (χ1n) is 12.8. The van der Waals surface area contributed by atoms with E-state index in [0.29, 0.717) is 47.1 Å². The molecule has 2 aromatic carbocycles. The van der Waals surface area contributed by atoms with Crippen molar-refractivity contribution in [2.45, 2.75) is 50.4 Å². The van der Waals surface area contributed by atoms with Crippen LogP contribution in [0.1, 0.15) is 52.8 Å². The van der Waals surface area contributed by atoms with E-state index in [-0.39, 0.29) is 42.6 Å². The molecule has 0 aromatic heterocycles. The van der Waals surface area contributed by atoms with Gasteiger partial charge in [-0.15, -0.1) is 0 Å². The molecule has 0 spiro atoms. The molecule has 2 N–H and O–H groups in total. The average Bonchev–Trinajstić information content (AvgIpc) is 3.74. The zero-order valence-electron chi connectivity index (χ0n) is 21.2. The van der Waals surface area contributed by atoms with E-state index in [2.05, 4.69) is 10.6 Å². The molecule has 0 unspecified atom stereocenters. The molecule has 2 aliphatic heterocycles. The third-order valence-corrected chi connectivity index (χ3v) is 7.32. The number of nitrogens with zero attached hydrogens (tertiary/aromatic N) is 1. The number of methoxy groups -OCH3 is 1. The third-order valence-electron chi connectivity index (χ3n) is 7.32. The molecule has 9 nitrogen and oxygen atoms in total.